The molecule has 0 saturated carbocycles. The zero-order chi connectivity index (χ0) is 19.3. The fourth-order valence-corrected chi connectivity index (χ4v) is 3.25. The van der Waals surface area contributed by atoms with Gasteiger partial charge in [-0.3, -0.25) is 4.90 Å². The van der Waals surface area contributed by atoms with Gasteiger partial charge in [0.15, 0.2) is 0 Å². The molecule has 3 atom stereocenters. The van der Waals surface area contributed by atoms with Gasteiger partial charge in [0, 0.05) is 38.4 Å². The summed E-state index contributed by atoms with van der Waals surface area (Å²) in [6.07, 6.45) is -2.34. The Morgan fingerprint density at radius 2 is 2.19 bits per heavy atom. The molecule has 3 heterocycles. The lowest BCUT2D eigenvalue weighted by Crippen LogP contribution is -2.41. The van der Waals surface area contributed by atoms with Gasteiger partial charge < -0.3 is 19.1 Å². The summed E-state index contributed by atoms with van der Waals surface area (Å²) in [5.74, 6) is -1.89. The predicted octanol–water partition coefficient (Wildman–Crippen LogP) is 2.38. The molecule has 1 N–H and O–H groups in total. The lowest BCUT2D eigenvalue weighted by Gasteiger charge is -2.31. The van der Waals surface area contributed by atoms with E-state index in [1.165, 1.54) is 6.42 Å². The Labute approximate surface area is 149 Å². The van der Waals surface area contributed by atoms with Crippen molar-refractivity contribution in [2.24, 2.45) is 0 Å². The molecule has 2 saturated heterocycles. The van der Waals surface area contributed by atoms with Crippen molar-refractivity contribution in [2.45, 2.75) is 57.7 Å². The van der Waals surface area contributed by atoms with E-state index in [-0.39, 0.29) is 12.2 Å². The number of fused-ring (bicyclic) bond motifs is 1. The summed E-state index contributed by atoms with van der Waals surface area (Å²) >= 11 is 0. The molecule has 148 valence electrons. The van der Waals surface area contributed by atoms with Gasteiger partial charge in [-0.15, -0.1) is 0 Å². The summed E-state index contributed by atoms with van der Waals surface area (Å²) in [4.78, 5) is 11.3. The molecule has 0 spiro atoms. The number of aryl methyl sites for hydroxylation is 1. The van der Waals surface area contributed by atoms with Crippen molar-refractivity contribution in [3.05, 3.63) is 17.5 Å². The van der Waals surface area contributed by atoms with E-state index in [4.69, 9.17) is 23.9 Å². The zero-order valence-electron chi connectivity index (χ0n) is 14.7. The number of likely N-dealkylation sites (tertiary alicyclic amines) is 1. The maximum atomic E-state index is 10.6. The van der Waals surface area contributed by atoms with E-state index in [1.807, 2.05) is 19.9 Å². The molecule has 3 rings (SSSR count). The maximum Gasteiger partial charge on any atom is 0.490 e. The second kappa shape index (κ2) is 8.83. The molecule has 7 nitrogen and oxygen atoms in total. The molecule has 0 aromatic carbocycles. The minimum atomic E-state index is -5.08. The largest absolute Gasteiger partial charge is 0.490 e. The number of carboxylic acid groups (broad SMARTS) is 1. The molecule has 0 amide bonds. The number of ether oxygens (including phenoxy) is 2. The average Bonchev–Trinajstić information content (AvgIpc) is 3.13. The predicted molar refractivity (Wildman–Crippen MR) is 83.5 cm³/mol. The van der Waals surface area contributed by atoms with Crippen molar-refractivity contribution >= 4 is 5.97 Å². The first kappa shape index (κ1) is 20.7. The summed E-state index contributed by atoms with van der Waals surface area (Å²) < 4.78 is 48.6. The highest BCUT2D eigenvalue weighted by Gasteiger charge is 2.44. The molecule has 0 unspecified atom stereocenters. The van der Waals surface area contributed by atoms with Crippen LogP contribution in [0, 0.1) is 6.92 Å². The molecule has 0 radical (unpaired) electrons. The van der Waals surface area contributed by atoms with Crippen molar-refractivity contribution < 1.29 is 37.1 Å². The number of alkyl halides is 3. The summed E-state index contributed by atoms with van der Waals surface area (Å²) in [5, 5.41) is 11.2. The second-order valence-electron chi connectivity index (χ2n) is 6.20. The minimum absolute atomic E-state index is 0.197. The number of nitrogens with zero attached hydrogens (tertiary/aromatic N) is 2. The Morgan fingerprint density at radius 3 is 2.73 bits per heavy atom. The van der Waals surface area contributed by atoms with Crippen LogP contribution >= 0.6 is 0 Å². The van der Waals surface area contributed by atoms with Gasteiger partial charge >= 0.3 is 12.1 Å². The van der Waals surface area contributed by atoms with Crippen LogP contribution in [0.1, 0.15) is 31.2 Å². The fraction of sp³-hybridized carbons (Fsp3) is 0.750. The number of aromatic nitrogens is 1. The van der Waals surface area contributed by atoms with Crippen LogP contribution in [0.5, 0.6) is 0 Å². The highest BCUT2D eigenvalue weighted by molar-refractivity contribution is 5.73. The van der Waals surface area contributed by atoms with Gasteiger partial charge in [0.2, 0.25) is 0 Å². The van der Waals surface area contributed by atoms with Crippen molar-refractivity contribution in [1.82, 2.24) is 10.1 Å². The standard InChI is InChI=1S/C14H22N2O3.C2HF3O2/c1-3-17-13-9-16(8-11-7-10(2)19-15-11)12-5-4-6-18-14(12)13;3-2(4,5)1(6)7/h7,12-14H,3-6,8-9H2,1-2H3;(H,6,7)/t12-,13-,14+;/m1./s1. The van der Waals surface area contributed by atoms with E-state index in [0.717, 1.165) is 44.2 Å². The van der Waals surface area contributed by atoms with Gasteiger partial charge in [0.25, 0.3) is 0 Å². The van der Waals surface area contributed by atoms with Gasteiger partial charge in [-0.2, -0.15) is 13.2 Å². The Bertz CT molecular complexity index is 593. The molecular formula is C16H23F3N2O5. The first-order valence-electron chi connectivity index (χ1n) is 8.42. The summed E-state index contributed by atoms with van der Waals surface area (Å²) in [6, 6.07) is 2.47. The Hall–Kier alpha value is -1.65. The first-order chi connectivity index (χ1) is 12.2. The summed E-state index contributed by atoms with van der Waals surface area (Å²) in [7, 11) is 0. The number of aliphatic carboxylic acids is 1. The van der Waals surface area contributed by atoms with Gasteiger partial charge in [0.1, 0.15) is 11.9 Å². The minimum Gasteiger partial charge on any atom is -0.475 e. The summed E-state index contributed by atoms with van der Waals surface area (Å²) in [6.45, 7) is 7.33. The van der Waals surface area contributed by atoms with Gasteiger partial charge in [-0.1, -0.05) is 5.16 Å². The molecule has 0 bridgehead atoms. The lowest BCUT2D eigenvalue weighted by atomic mass is 10.0. The van der Waals surface area contributed by atoms with Crippen molar-refractivity contribution in [1.29, 1.82) is 0 Å². The number of carbonyl (C=O) groups is 1. The molecular weight excluding hydrogens is 357 g/mol. The zero-order valence-corrected chi connectivity index (χ0v) is 14.7. The van der Waals surface area contributed by atoms with E-state index in [0.29, 0.717) is 6.04 Å². The Balaban J connectivity index is 0.000000298. The molecule has 2 aliphatic heterocycles. The molecule has 1 aromatic rings. The van der Waals surface area contributed by atoms with Crippen LogP contribution in [-0.2, 0) is 20.8 Å². The van der Waals surface area contributed by atoms with Gasteiger partial charge in [0.05, 0.1) is 11.8 Å². The number of carboxylic acids is 1. The van der Waals surface area contributed by atoms with Crippen LogP contribution in [0.15, 0.2) is 10.6 Å². The number of halogens is 3. The smallest absolute Gasteiger partial charge is 0.475 e. The third-order valence-electron chi connectivity index (χ3n) is 4.25. The maximum absolute atomic E-state index is 10.6. The Morgan fingerprint density at radius 1 is 1.50 bits per heavy atom. The van der Waals surface area contributed by atoms with Gasteiger partial charge in [-0.25, -0.2) is 4.79 Å². The van der Waals surface area contributed by atoms with E-state index < -0.39 is 12.1 Å². The molecule has 26 heavy (non-hydrogen) atoms. The average molecular weight is 380 g/mol. The van der Waals surface area contributed by atoms with Crippen LogP contribution in [0.3, 0.4) is 0 Å². The van der Waals surface area contributed by atoms with E-state index in [9.17, 15) is 13.2 Å². The number of rotatable bonds is 4. The van der Waals surface area contributed by atoms with Crippen LogP contribution in [0.2, 0.25) is 0 Å². The van der Waals surface area contributed by atoms with E-state index in [1.54, 1.807) is 0 Å². The van der Waals surface area contributed by atoms with Crippen molar-refractivity contribution in [2.75, 3.05) is 19.8 Å². The highest BCUT2D eigenvalue weighted by atomic mass is 19.4. The van der Waals surface area contributed by atoms with Crippen molar-refractivity contribution in [3.63, 3.8) is 0 Å². The lowest BCUT2D eigenvalue weighted by molar-refractivity contribution is -0.192. The third-order valence-corrected chi connectivity index (χ3v) is 4.25. The van der Waals surface area contributed by atoms with Crippen LogP contribution < -0.4 is 0 Å². The normalized spacial score (nSPS) is 26.1. The van der Waals surface area contributed by atoms with Crippen LogP contribution in [-0.4, -0.2) is 65.3 Å². The van der Waals surface area contributed by atoms with E-state index in [2.05, 4.69) is 10.1 Å². The van der Waals surface area contributed by atoms with Gasteiger partial charge in [-0.05, 0) is 26.7 Å². The molecule has 1 aromatic heterocycles. The SMILES string of the molecule is CCO[C@@H]1CN(Cc2cc(C)on2)[C@@H]2CCCO[C@@H]21.O=C(O)C(F)(F)F. The van der Waals surface area contributed by atoms with Crippen LogP contribution in [0.25, 0.3) is 0 Å². The second-order valence-corrected chi connectivity index (χ2v) is 6.20. The number of hydrogen-bond acceptors (Lipinski definition) is 6. The molecule has 2 fully saturated rings. The molecule has 2 aliphatic rings. The Kier molecular flexibility index (Phi) is 7.01. The number of hydrogen-bond donors (Lipinski definition) is 1. The monoisotopic (exact) mass is 380 g/mol. The fourth-order valence-electron chi connectivity index (χ4n) is 3.25. The van der Waals surface area contributed by atoms with Crippen LogP contribution in [0.4, 0.5) is 13.2 Å². The summed E-state index contributed by atoms with van der Waals surface area (Å²) in [5.41, 5.74) is 0.999. The third kappa shape index (κ3) is 5.42. The molecule has 0 aliphatic carbocycles. The quantitative estimate of drug-likeness (QED) is 0.858. The first-order valence-corrected chi connectivity index (χ1v) is 8.42. The topological polar surface area (TPSA) is 85.0 Å². The highest BCUT2D eigenvalue weighted by Crippen LogP contribution is 2.31. The molecule has 10 heteroatoms. The van der Waals surface area contributed by atoms with E-state index >= 15 is 0 Å². The van der Waals surface area contributed by atoms with Crippen molar-refractivity contribution in [3.8, 4) is 0 Å².